The van der Waals surface area contributed by atoms with Crippen LogP contribution in [-0.2, 0) is 11.8 Å². The van der Waals surface area contributed by atoms with E-state index in [1.807, 2.05) is 0 Å². The first kappa shape index (κ1) is 16.3. The van der Waals surface area contributed by atoms with Gasteiger partial charge in [-0.1, -0.05) is 11.6 Å². The summed E-state index contributed by atoms with van der Waals surface area (Å²) in [5.41, 5.74) is 0.0698. The molecule has 1 N–H and O–H groups in total. The number of carbonyl (C=O) groups is 2. The second kappa shape index (κ2) is 6.17. The third-order valence-corrected chi connectivity index (χ3v) is 5.23. The fraction of sp³-hybridized carbons (Fsp3) is 0.625. The monoisotopic (exact) mass is 339 g/mol. The summed E-state index contributed by atoms with van der Waals surface area (Å²) in [7, 11) is 1.79. The first-order valence-corrected chi connectivity index (χ1v) is 8.36. The first-order chi connectivity index (χ1) is 11.0. The van der Waals surface area contributed by atoms with E-state index in [1.54, 1.807) is 33.7 Å². The van der Waals surface area contributed by atoms with Crippen LogP contribution in [0, 0.1) is 5.41 Å². The molecule has 1 spiro atoms. The van der Waals surface area contributed by atoms with E-state index in [2.05, 4.69) is 0 Å². The molecule has 3 rings (SSSR count). The minimum atomic E-state index is -0.474. The van der Waals surface area contributed by atoms with Crippen LogP contribution in [0.1, 0.15) is 29.8 Å². The molecule has 23 heavy (non-hydrogen) atoms. The Morgan fingerprint density at radius 3 is 2.83 bits per heavy atom. The van der Waals surface area contributed by atoms with E-state index >= 15 is 0 Å². The molecule has 2 amide bonds. The number of hydrogen-bond donors (Lipinski definition) is 1. The number of aliphatic hydroxyl groups is 1. The fourth-order valence-electron chi connectivity index (χ4n) is 3.81. The lowest BCUT2D eigenvalue weighted by Gasteiger charge is -2.39. The molecule has 1 aromatic rings. The zero-order valence-electron chi connectivity index (χ0n) is 13.3. The number of likely N-dealkylation sites (tertiary alicyclic amines) is 2. The highest BCUT2D eigenvalue weighted by molar-refractivity contribution is 6.31. The standard InChI is InChI=1S/C16H22ClN3O3/c1-18-10-12(17)9-13(18)14(22)20-6-4-16(11-20)3-2-5-19(7-8-21)15(16)23/h9-10,21H,2-8,11H2,1H3. The number of carbonyl (C=O) groups excluding carboxylic acids is 2. The number of rotatable bonds is 3. The summed E-state index contributed by atoms with van der Waals surface area (Å²) >= 11 is 5.96. The van der Waals surface area contributed by atoms with Gasteiger partial charge in [-0.3, -0.25) is 9.59 Å². The van der Waals surface area contributed by atoms with E-state index < -0.39 is 5.41 Å². The third-order valence-electron chi connectivity index (χ3n) is 5.03. The molecule has 0 aliphatic carbocycles. The summed E-state index contributed by atoms with van der Waals surface area (Å²) in [4.78, 5) is 29.0. The van der Waals surface area contributed by atoms with E-state index in [0.717, 1.165) is 12.8 Å². The molecular formula is C16H22ClN3O3. The van der Waals surface area contributed by atoms with Gasteiger partial charge in [-0.25, -0.2) is 0 Å². The van der Waals surface area contributed by atoms with Crippen molar-refractivity contribution >= 4 is 23.4 Å². The van der Waals surface area contributed by atoms with Crippen molar-refractivity contribution in [2.45, 2.75) is 19.3 Å². The second-order valence-corrected chi connectivity index (χ2v) is 6.97. The lowest BCUT2D eigenvalue weighted by molar-refractivity contribution is -0.146. The maximum atomic E-state index is 12.8. The van der Waals surface area contributed by atoms with Crippen LogP contribution < -0.4 is 0 Å². The Morgan fingerprint density at radius 2 is 2.17 bits per heavy atom. The van der Waals surface area contributed by atoms with Gasteiger partial charge in [0.05, 0.1) is 17.0 Å². The van der Waals surface area contributed by atoms with Crippen molar-refractivity contribution in [1.82, 2.24) is 14.4 Å². The van der Waals surface area contributed by atoms with E-state index in [0.29, 0.717) is 43.3 Å². The summed E-state index contributed by atoms with van der Waals surface area (Å²) in [5, 5.41) is 9.65. The number of aryl methyl sites for hydroxylation is 1. The Kier molecular flexibility index (Phi) is 4.38. The summed E-state index contributed by atoms with van der Waals surface area (Å²) < 4.78 is 1.72. The van der Waals surface area contributed by atoms with Gasteiger partial charge in [0, 0.05) is 39.4 Å². The molecule has 1 unspecified atom stereocenters. The van der Waals surface area contributed by atoms with E-state index in [9.17, 15) is 9.59 Å². The van der Waals surface area contributed by atoms with Crippen molar-refractivity contribution in [2.75, 3.05) is 32.8 Å². The molecule has 0 bridgehead atoms. The summed E-state index contributed by atoms with van der Waals surface area (Å²) in [6.07, 6.45) is 4.13. The Bertz CT molecular complexity index is 628. The smallest absolute Gasteiger partial charge is 0.270 e. The molecule has 1 aromatic heterocycles. The van der Waals surface area contributed by atoms with Crippen LogP contribution in [-0.4, -0.2) is 64.1 Å². The van der Waals surface area contributed by atoms with Gasteiger partial charge in [-0.15, -0.1) is 0 Å². The van der Waals surface area contributed by atoms with Gasteiger partial charge in [0.2, 0.25) is 5.91 Å². The van der Waals surface area contributed by atoms with E-state index in [1.165, 1.54) is 0 Å². The zero-order valence-corrected chi connectivity index (χ0v) is 14.1. The lowest BCUT2D eigenvalue weighted by atomic mass is 9.78. The largest absolute Gasteiger partial charge is 0.395 e. The highest BCUT2D eigenvalue weighted by Gasteiger charge is 2.49. The van der Waals surface area contributed by atoms with Gasteiger partial charge in [0.1, 0.15) is 5.69 Å². The predicted octanol–water partition coefficient (Wildman–Crippen LogP) is 1.13. The highest BCUT2D eigenvalue weighted by Crippen LogP contribution is 2.40. The van der Waals surface area contributed by atoms with E-state index in [-0.39, 0.29) is 18.4 Å². The van der Waals surface area contributed by atoms with Gasteiger partial charge in [0.15, 0.2) is 0 Å². The van der Waals surface area contributed by atoms with Crippen molar-refractivity contribution in [3.63, 3.8) is 0 Å². The Balaban J connectivity index is 1.76. The van der Waals surface area contributed by atoms with Crippen LogP contribution in [0.5, 0.6) is 0 Å². The molecule has 0 saturated carbocycles. The van der Waals surface area contributed by atoms with Crippen molar-refractivity contribution in [3.8, 4) is 0 Å². The Labute approximate surface area is 140 Å². The number of piperidine rings is 1. The SMILES string of the molecule is Cn1cc(Cl)cc1C(=O)N1CCC2(CCCN(CCO)C2=O)C1. The van der Waals surface area contributed by atoms with Gasteiger partial charge < -0.3 is 19.5 Å². The molecule has 126 valence electrons. The number of β-amino-alcohol motifs (C(OH)–C–C–N with tert-alkyl or cyclic N) is 1. The summed E-state index contributed by atoms with van der Waals surface area (Å²) in [6.45, 7) is 2.09. The fourth-order valence-corrected chi connectivity index (χ4v) is 4.06. The number of halogens is 1. The van der Waals surface area contributed by atoms with Crippen molar-refractivity contribution in [2.24, 2.45) is 12.5 Å². The molecule has 1 atom stereocenters. The number of nitrogens with zero attached hydrogens (tertiary/aromatic N) is 3. The molecular weight excluding hydrogens is 318 g/mol. The minimum Gasteiger partial charge on any atom is -0.395 e. The molecule has 2 aliphatic heterocycles. The number of hydrogen-bond acceptors (Lipinski definition) is 3. The van der Waals surface area contributed by atoms with Crippen LogP contribution >= 0.6 is 11.6 Å². The topological polar surface area (TPSA) is 65.8 Å². The maximum Gasteiger partial charge on any atom is 0.270 e. The van der Waals surface area contributed by atoms with Gasteiger partial charge in [-0.05, 0) is 25.3 Å². The normalized spacial score (nSPS) is 24.7. The molecule has 0 radical (unpaired) electrons. The molecule has 0 aromatic carbocycles. The van der Waals surface area contributed by atoms with Gasteiger partial charge in [0.25, 0.3) is 5.91 Å². The average Bonchev–Trinajstić information content (AvgIpc) is 3.08. The molecule has 2 saturated heterocycles. The van der Waals surface area contributed by atoms with Gasteiger partial charge in [-0.2, -0.15) is 0 Å². The summed E-state index contributed by atoms with van der Waals surface area (Å²) in [5.74, 6) is 0.00127. The number of aromatic nitrogens is 1. The van der Waals surface area contributed by atoms with Crippen LogP contribution in [0.2, 0.25) is 5.02 Å². The molecule has 2 fully saturated rings. The molecule has 7 heteroatoms. The third kappa shape index (κ3) is 2.85. The first-order valence-electron chi connectivity index (χ1n) is 7.98. The van der Waals surface area contributed by atoms with Crippen LogP contribution in [0.25, 0.3) is 0 Å². The van der Waals surface area contributed by atoms with Crippen molar-refractivity contribution in [1.29, 1.82) is 0 Å². The predicted molar refractivity (Wildman–Crippen MR) is 86.3 cm³/mol. The second-order valence-electron chi connectivity index (χ2n) is 6.53. The molecule has 6 nitrogen and oxygen atoms in total. The number of amides is 2. The zero-order chi connectivity index (χ0) is 16.6. The summed E-state index contributed by atoms with van der Waals surface area (Å²) in [6, 6.07) is 1.66. The minimum absolute atomic E-state index is 0.0215. The van der Waals surface area contributed by atoms with Gasteiger partial charge >= 0.3 is 0 Å². The lowest BCUT2D eigenvalue weighted by Crippen LogP contribution is -2.51. The van der Waals surface area contributed by atoms with Crippen LogP contribution in [0.15, 0.2) is 12.3 Å². The van der Waals surface area contributed by atoms with Crippen molar-refractivity contribution < 1.29 is 14.7 Å². The van der Waals surface area contributed by atoms with Crippen LogP contribution in [0.3, 0.4) is 0 Å². The van der Waals surface area contributed by atoms with Crippen LogP contribution in [0.4, 0.5) is 0 Å². The quantitative estimate of drug-likeness (QED) is 0.897. The number of aliphatic hydroxyl groups excluding tert-OH is 1. The maximum absolute atomic E-state index is 12.8. The average molecular weight is 340 g/mol. The molecule has 3 heterocycles. The Morgan fingerprint density at radius 1 is 1.39 bits per heavy atom. The Hall–Kier alpha value is -1.53. The highest BCUT2D eigenvalue weighted by atomic mass is 35.5. The molecule has 2 aliphatic rings. The van der Waals surface area contributed by atoms with E-state index in [4.69, 9.17) is 16.7 Å². The van der Waals surface area contributed by atoms with Crippen molar-refractivity contribution in [3.05, 3.63) is 23.0 Å².